The molecule has 0 aliphatic carbocycles. The van der Waals surface area contributed by atoms with Gasteiger partial charge < -0.3 is 0 Å². The molecule has 5 heteroatoms. The maximum atomic E-state index is 11.1. The highest BCUT2D eigenvalue weighted by atomic mass is 31.0. The van der Waals surface area contributed by atoms with Gasteiger partial charge in [-0.2, -0.15) is 8.78 Å². The summed E-state index contributed by atoms with van der Waals surface area (Å²) in [4.78, 5) is 0. The topological polar surface area (TPSA) is 0 Å². The number of alkyl halides is 4. The van der Waals surface area contributed by atoms with Crippen molar-refractivity contribution in [1.82, 2.24) is 0 Å². The van der Waals surface area contributed by atoms with E-state index in [0.29, 0.717) is 0 Å². The third kappa shape index (κ3) is 2.80. The molecule has 0 rings (SSSR count). The first-order chi connectivity index (χ1) is 2.94. The van der Waals surface area contributed by atoms with Crippen molar-refractivity contribution in [2.45, 2.75) is 12.1 Å². The van der Waals surface area contributed by atoms with Crippen molar-refractivity contribution >= 4 is 9.24 Å². The molecule has 0 amide bonds. The molecule has 0 aromatic heterocycles. The minimum atomic E-state index is -3.92. The summed E-state index contributed by atoms with van der Waals surface area (Å²) in [7, 11) is 0.748. The van der Waals surface area contributed by atoms with Crippen LogP contribution in [0.15, 0.2) is 0 Å². The van der Waals surface area contributed by atoms with E-state index in [-0.39, 0.29) is 0 Å². The number of hydrogen-bond acceptors (Lipinski definition) is 0. The van der Waals surface area contributed by atoms with Crippen LogP contribution in [0.25, 0.3) is 0 Å². The predicted molar refractivity (Wildman–Crippen MR) is 20.7 cm³/mol. The molecule has 0 saturated carbocycles. The third-order valence-corrected chi connectivity index (χ3v) is 0.543. The van der Waals surface area contributed by atoms with E-state index < -0.39 is 12.1 Å². The fourth-order valence-electron chi connectivity index (χ4n) is 0. The Morgan fingerprint density at radius 1 is 1.29 bits per heavy atom. The van der Waals surface area contributed by atoms with Gasteiger partial charge in [0.1, 0.15) is 0 Å². The Labute approximate surface area is 40.1 Å². The Morgan fingerprint density at radius 3 is 1.43 bits per heavy atom. The molecule has 0 heterocycles. The van der Waals surface area contributed by atoms with Gasteiger partial charge in [0.25, 0.3) is 0 Å². The molecule has 0 spiro atoms. The Hall–Kier alpha value is 0.150. The van der Waals surface area contributed by atoms with E-state index in [4.69, 9.17) is 0 Å². The Kier molecular flexibility index (Phi) is 1.99. The summed E-state index contributed by atoms with van der Waals surface area (Å²) >= 11 is 0. The summed E-state index contributed by atoms with van der Waals surface area (Å²) in [6.07, 6.45) is -3.57. The first kappa shape index (κ1) is 7.15. The van der Waals surface area contributed by atoms with E-state index in [1.807, 2.05) is 0 Å². The minimum Gasteiger partial charge on any atom is -0.203 e. The molecule has 0 saturated heterocycles. The van der Waals surface area contributed by atoms with Crippen molar-refractivity contribution in [3.05, 3.63) is 0 Å². The minimum absolute atomic E-state index is 0.748. The maximum Gasteiger partial charge on any atom is 0.317 e. The maximum absolute atomic E-state index is 11.1. The van der Waals surface area contributed by atoms with Gasteiger partial charge >= 0.3 is 12.1 Å². The molecule has 0 aliphatic heterocycles. The number of hydrogen-bond donors (Lipinski definition) is 0. The number of halogens is 4. The van der Waals surface area contributed by atoms with Crippen molar-refractivity contribution in [1.29, 1.82) is 0 Å². The Morgan fingerprint density at radius 2 is 1.43 bits per heavy atom. The molecule has 0 aliphatic rings. The van der Waals surface area contributed by atoms with Crippen LogP contribution in [0.4, 0.5) is 17.6 Å². The molecule has 44 valence electrons. The van der Waals surface area contributed by atoms with Gasteiger partial charge in [0.15, 0.2) is 0 Å². The highest BCUT2D eigenvalue weighted by Crippen LogP contribution is 2.28. The van der Waals surface area contributed by atoms with Crippen LogP contribution in [-0.2, 0) is 0 Å². The van der Waals surface area contributed by atoms with Gasteiger partial charge in [0, 0.05) is 0 Å². The van der Waals surface area contributed by atoms with Crippen LogP contribution in [-0.4, -0.2) is 12.1 Å². The molecule has 1 unspecified atom stereocenters. The lowest BCUT2D eigenvalue weighted by molar-refractivity contribution is -0.0573. The van der Waals surface area contributed by atoms with Crippen molar-refractivity contribution in [2.24, 2.45) is 0 Å². The first-order valence-electron chi connectivity index (χ1n) is 1.39. The summed E-state index contributed by atoms with van der Waals surface area (Å²) in [6, 6.07) is 0. The molecule has 0 aromatic carbocycles. The molecular formula is C2H3F4P. The molecule has 7 heavy (non-hydrogen) atoms. The van der Waals surface area contributed by atoms with Crippen molar-refractivity contribution in [3.8, 4) is 0 Å². The molecule has 0 fully saturated rings. The Bertz CT molecular complexity index is 55.2. The normalized spacial score (nSPS) is 12.9. The smallest absolute Gasteiger partial charge is 0.203 e. The van der Waals surface area contributed by atoms with Crippen LogP contribution in [0.1, 0.15) is 0 Å². The van der Waals surface area contributed by atoms with E-state index in [0.717, 1.165) is 9.24 Å². The molecule has 1 atom stereocenters. The molecular weight excluding hydrogens is 131 g/mol. The quantitative estimate of drug-likeness (QED) is 0.378. The van der Waals surface area contributed by atoms with E-state index >= 15 is 0 Å². The second-order valence-electron chi connectivity index (χ2n) is 0.975. The van der Waals surface area contributed by atoms with Crippen LogP contribution >= 0.6 is 9.24 Å². The molecule has 0 aromatic rings. The fraction of sp³-hybridized carbons (Fsp3) is 1.00. The van der Waals surface area contributed by atoms with Gasteiger partial charge in [-0.05, 0) is 0 Å². The van der Waals surface area contributed by atoms with Gasteiger partial charge in [-0.15, -0.1) is 0 Å². The summed E-state index contributed by atoms with van der Waals surface area (Å²) < 4.78 is 43.7. The summed E-state index contributed by atoms with van der Waals surface area (Å²) in [5.74, 6) is 0. The number of rotatable bonds is 1. The van der Waals surface area contributed by atoms with E-state index in [2.05, 4.69) is 0 Å². The summed E-state index contributed by atoms with van der Waals surface area (Å²) in [5.41, 5.74) is -3.92. The highest BCUT2D eigenvalue weighted by Gasteiger charge is 2.34. The van der Waals surface area contributed by atoms with Crippen molar-refractivity contribution in [2.75, 3.05) is 0 Å². The first-order valence-corrected chi connectivity index (χ1v) is 1.97. The zero-order chi connectivity index (χ0) is 6.08. The van der Waals surface area contributed by atoms with Gasteiger partial charge in [0.05, 0.1) is 0 Å². The van der Waals surface area contributed by atoms with Gasteiger partial charge in [-0.1, -0.05) is 9.24 Å². The summed E-state index contributed by atoms with van der Waals surface area (Å²) in [6.45, 7) is 0. The lowest BCUT2D eigenvalue weighted by Crippen LogP contribution is -2.16. The van der Waals surface area contributed by atoms with E-state index in [9.17, 15) is 17.6 Å². The molecule has 0 radical (unpaired) electrons. The average Bonchev–Trinajstić information content (AvgIpc) is 1.31. The van der Waals surface area contributed by atoms with Crippen LogP contribution in [0.5, 0.6) is 0 Å². The monoisotopic (exact) mass is 134 g/mol. The highest BCUT2D eigenvalue weighted by molar-refractivity contribution is 7.18. The lowest BCUT2D eigenvalue weighted by Gasteiger charge is -2.05. The van der Waals surface area contributed by atoms with E-state index in [1.165, 1.54) is 0 Å². The van der Waals surface area contributed by atoms with Crippen molar-refractivity contribution < 1.29 is 17.6 Å². The predicted octanol–water partition coefficient (Wildman–Crippen LogP) is 1.72. The average molecular weight is 134 g/mol. The fourth-order valence-corrected chi connectivity index (χ4v) is 0. The molecule has 0 nitrogen and oxygen atoms in total. The van der Waals surface area contributed by atoms with Crippen LogP contribution in [0, 0.1) is 0 Å². The van der Waals surface area contributed by atoms with Crippen molar-refractivity contribution in [3.63, 3.8) is 0 Å². The van der Waals surface area contributed by atoms with Gasteiger partial charge in [0.2, 0.25) is 0 Å². The second-order valence-corrected chi connectivity index (χ2v) is 1.74. The third-order valence-electron chi connectivity index (χ3n) is 0.291. The zero-order valence-corrected chi connectivity index (χ0v) is 4.32. The summed E-state index contributed by atoms with van der Waals surface area (Å²) in [5, 5.41) is 0. The molecule has 0 N–H and O–H groups in total. The SMILES string of the molecule is FC(F)C(F)(F)P. The molecule has 0 bridgehead atoms. The zero-order valence-electron chi connectivity index (χ0n) is 3.17. The van der Waals surface area contributed by atoms with Gasteiger partial charge in [-0.3, -0.25) is 0 Å². The van der Waals surface area contributed by atoms with E-state index in [1.54, 1.807) is 0 Å². The van der Waals surface area contributed by atoms with Crippen LogP contribution < -0.4 is 0 Å². The lowest BCUT2D eigenvalue weighted by atomic mass is 10.7. The van der Waals surface area contributed by atoms with Gasteiger partial charge in [-0.25, -0.2) is 8.78 Å². The standard InChI is InChI=1S/C2H3F4P/c3-1(4)2(5,6)7/h1H,7H2. The van der Waals surface area contributed by atoms with Crippen LogP contribution in [0.2, 0.25) is 0 Å². The second kappa shape index (κ2) is 1.95. The Balaban J connectivity index is 3.54. The van der Waals surface area contributed by atoms with Crippen LogP contribution in [0.3, 0.4) is 0 Å². The largest absolute Gasteiger partial charge is 0.317 e.